The number of hydrogen-bond donors (Lipinski definition) is 2. The second-order valence-electron chi connectivity index (χ2n) is 10.8. The zero-order valence-corrected chi connectivity index (χ0v) is 25.0. The molecule has 11 heteroatoms. The van der Waals surface area contributed by atoms with Crippen molar-refractivity contribution >= 4 is 35.8 Å². The fourth-order valence-electron chi connectivity index (χ4n) is 6.06. The fraction of sp³-hybridized carbons (Fsp3) is 0.387. The molecule has 10 nitrogen and oxygen atoms in total. The number of nitrogens with zero attached hydrogens (tertiary/aromatic N) is 3. The number of ketones is 1. The summed E-state index contributed by atoms with van der Waals surface area (Å²) in [6.07, 6.45) is 4.05. The van der Waals surface area contributed by atoms with E-state index in [2.05, 4.69) is 10.2 Å². The van der Waals surface area contributed by atoms with Gasteiger partial charge in [-0.3, -0.25) is 24.6 Å². The van der Waals surface area contributed by atoms with Gasteiger partial charge in [0.2, 0.25) is 5.91 Å². The van der Waals surface area contributed by atoms with E-state index in [0.717, 1.165) is 44.5 Å². The van der Waals surface area contributed by atoms with Crippen molar-refractivity contribution in [1.29, 1.82) is 0 Å². The van der Waals surface area contributed by atoms with Crippen molar-refractivity contribution in [2.45, 2.75) is 51.4 Å². The van der Waals surface area contributed by atoms with Crippen molar-refractivity contribution in [1.82, 2.24) is 15.1 Å². The highest BCUT2D eigenvalue weighted by Gasteiger charge is 2.40. The minimum absolute atomic E-state index is 0. The van der Waals surface area contributed by atoms with Gasteiger partial charge >= 0.3 is 6.03 Å². The first-order valence-electron chi connectivity index (χ1n) is 13.9. The standard InChI is InChI=1S/C31H37N5O5.ClH/c1-21-20-27(24-10-12-26(13-11-24)36(40)41)28(29(32)38)22(2)35(21)30(39)33-16-7-17-34-18-14-31(15-19-34,23(3)37)25-8-5-4-6-9-25;/h4-6,8-13,20,27H,7,14-19H2,1-3H3,(H2,32,38)(H,33,39);1H. The van der Waals surface area contributed by atoms with Crippen LogP contribution in [-0.4, -0.2) is 58.6 Å². The van der Waals surface area contributed by atoms with E-state index < -0.39 is 22.2 Å². The average Bonchev–Trinajstić information content (AvgIpc) is 2.95. The van der Waals surface area contributed by atoms with Crippen LogP contribution < -0.4 is 11.1 Å². The number of rotatable bonds is 9. The first-order chi connectivity index (χ1) is 19.5. The molecule has 1 saturated heterocycles. The molecule has 2 aliphatic rings. The number of nitrogens with one attached hydrogen (secondary N) is 1. The van der Waals surface area contributed by atoms with Crippen LogP contribution in [0.15, 0.2) is 77.6 Å². The van der Waals surface area contributed by atoms with Crippen molar-refractivity contribution in [3.8, 4) is 0 Å². The van der Waals surface area contributed by atoms with Gasteiger partial charge in [-0.1, -0.05) is 48.5 Å². The molecule has 0 saturated carbocycles. The summed E-state index contributed by atoms with van der Waals surface area (Å²) < 4.78 is 0. The number of nitro benzene ring substituents is 1. The van der Waals surface area contributed by atoms with Crippen molar-refractivity contribution in [3.05, 3.63) is 98.9 Å². The Bertz CT molecular complexity index is 1380. The SMILES string of the molecule is CC(=O)C1(c2ccccc2)CCN(CCCNC(=O)N2C(C)=CC(c3ccc([N+](=O)[O-])cc3)C(C(N)=O)=C2C)CC1.Cl. The van der Waals surface area contributed by atoms with E-state index in [1.165, 1.54) is 17.0 Å². The first-order valence-corrected chi connectivity index (χ1v) is 13.9. The lowest BCUT2D eigenvalue weighted by Gasteiger charge is -2.40. The van der Waals surface area contributed by atoms with Crippen LogP contribution in [0.3, 0.4) is 0 Å². The summed E-state index contributed by atoms with van der Waals surface area (Å²) >= 11 is 0. The van der Waals surface area contributed by atoms with E-state index in [-0.39, 0.29) is 35.5 Å². The number of halogens is 1. The Morgan fingerprint density at radius 1 is 1.05 bits per heavy atom. The van der Waals surface area contributed by atoms with E-state index in [1.54, 1.807) is 39.0 Å². The Balaban J connectivity index is 0.00000484. The van der Waals surface area contributed by atoms with Gasteiger partial charge in [0.15, 0.2) is 0 Å². The zero-order chi connectivity index (χ0) is 29.7. The summed E-state index contributed by atoms with van der Waals surface area (Å²) in [5.74, 6) is -0.973. The number of nitro groups is 1. The van der Waals surface area contributed by atoms with Crippen LogP contribution in [-0.2, 0) is 15.0 Å². The summed E-state index contributed by atoms with van der Waals surface area (Å²) in [6.45, 7) is 8.00. The largest absolute Gasteiger partial charge is 0.366 e. The van der Waals surface area contributed by atoms with Gasteiger partial charge in [0.05, 0.1) is 10.3 Å². The van der Waals surface area contributed by atoms with Crippen molar-refractivity contribution in [2.75, 3.05) is 26.2 Å². The Morgan fingerprint density at radius 3 is 2.21 bits per heavy atom. The molecule has 3 amide bonds. The van der Waals surface area contributed by atoms with Crippen LogP contribution >= 0.6 is 12.4 Å². The maximum Gasteiger partial charge on any atom is 0.325 e. The predicted molar refractivity (Wildman–Crippen MR) is 163 cm³/mol. The van der Waals surface area contributed by atoms with Crippen molar-refractivity contribution in [2.24, 2.45) is 5.73 Å². The van der Waals surface area contributed by atoms with E-state index in [0.29, 0.717) is 23.5 Å². The normalized spacial score (nSPS) is 18.5. The van der Waals surface area contributed by atoms with Crippen LogP contribution in [0.4, 0.5) is 10.5 Å². The minimum Gasteiger partial charge on any atom is -0.366 e. The molecule has 0 spiro atoms. The summed E-state index contributed by atoms with van der Waals surface area (Å²) in [6, 6.07) is 15.6. The highest BCUT2D eigenvalue weighted by atomic mass is 35.5. The number of Topliss-reactive ketones (excluding diaryl/α,β-unsaturated/α-hetero) is 1. The summed E-state index contributed by atoms with van der Waals surface area (Å²) in [5, 5.41) is 14.0. The van der Waals surface area contributed by atoms with E-state index >= 15 is 0 Å². The van der Waals surface area contributed by atoms with Gasteiger partial charge in [0.1, 0.15) is 5.78 Å². The number of non-ortho nitro benzene ring substituents is 1. The average molecular weight is 596 g/mol. The molecule has 2 heterocycles. The van der Waals surface area contributed by atoms with Gasteiger partial charge in [0.25, 0.3) is 5.69 Å². The number of nitrogens with two attached hydrogens (primary N) is 1. The lowest BCUT2D eigenvalue weighted by atomic mass is 9.70. The Kier molecular flexibility index (Phi) is 10.6. The lowest BCUT2D eigenvalue weighted by molar-refractivity contribution is -0.384. The molecule has 2 aliphatic heterocycles. The van der Waals surface area contributed by atoms with Gasteiger partial charge in [-0.25, -0.2) is 4.79 Å². The van der Waals surface area contributed by atoms with Gasteiger partial charge in [0, 0.05) is 41.6 Å². The summed E-state index contributed by atoms with van der Waals surface area (Å²) in [7, 11) is 0. The maximum atomic E-state index is 13.2. The topological polar surface area (TPSA) is 139 Å². The van der Waals surface area contributed by atoms with Gasteiger partial charge in [-0.05, 0) is 70.8 Å². The smallest absolute Gasteiger partial charge is 0.325 e. The fourth-order valence-corrected chi connectivity index (χ4v) is 6.06. The molecule has 1 fully saturated rings. The third-order valence-electron chi connectivity index (χ3n) is 8.37. The van der Waals surface area contributed by atoms with Crippen LogP contribution in [0, 0.1) is 10.1 Å². The molecule has 2 aromatic carbocycles. The lowest BCUT2D eigenvalue weighted by Crippen LogP contribution is -2.47. The molecular formula is C31H38ClN5O5. The van der Waals surface area contributed by atoms with E-state index in [9.17, 15) is 24.5 Å². The number of benzene rings is 2. The number of primary amides is 1. The molecule has 1 unspecified atom stereocenters. The number of allylic oxidation sites excluding steroid dienone is 3. The third-order valence-corrected chi connectivity index (χ3v) is 8.37. The molecule has 42 heavy (non-hydrogen) atoms. The zero-order valence-electron chi connectivity index (χ0n) is 24.2. The molecule has 1 atom stereocenters. The first kappa shape index (κ1) is 32.5. The predicted octanol–water partition coefficient (Wildman–Crippen LogP) is 4.80. The molecule has 4 rings (SSSR count). The molecule has 3 N–H and O–H groups in total. The molecule has 0 radical (unpaired) electrons. The van der Waals surface area contributed by atoms with Crippen LogP contribution in [0.2, 0.25) is 0 Å². The molecule has 0 aliphatic carbocycles. The van der Waals surface area contributed by atoms with E-state index in [4.69, 9.17) is 5.73 Å². The van der Waals surface area contributed by atoms with Crippen molar-refractivity contribution < 1.29 is 19.3 Å². The van der Waals surface area contributed by atoms with Crippen LogP contribution in [0.1, 0.15) is 57.1 Å². The van der Waals surface area contributed by atoms with Gasteiger partial charge in [-0.15, -0.1) is 12.4 Å². The third kappa shape index (κ3) is 6.71. The van der Waals surface area contributed by atoms with Crippen molar-refractivity contribution in [3.63, 3.8) is 0 Å². The second-order valence-corrected chi connectivity index (χ2v) is 10.8. The molecule has 224 valence electrons. The Hall–Kier alpha value is -4.02. The van der Waals surface area contributed by atoms with E-state index in [1.807, 2.05) is 30.3 Å². The number of hydrogen-bond acceptors (Lipinski definition) is 6. The summed E-state index contributed by atoms with van der Waals surface area (Å²) in [4.78, 5) is 52.6. The second kappa shape index (κ2) is 13.8. The number of carbonyl (C=O) groups is 3. The van der Waals surface area contributed by atoms with Crippen LogP contribution in [0.5, 0.6) is 0 Å². The minimum atomic E-state index is -0.658. The summed E-state index contributed by atoms with van der Waals surface area (Å²) in [5.41, 5.74) is 8.33. The molecule has 2 aromatic rings. The Morgan fingerprint density at radius 2 is 1.67 bits per heavy atom. The number of amides is 3. The monoisotopic (exact) mass is 595 g/mol. The van der Waals surface area contributed by atoms with Crippen LogP contribution in [0.25, 0.3) is 0 Å². The van der Waals surface area contributed by atoms with Gasteiger partial charge in [-0.2, -0.15) is 0 Å². The highest BCUT2D eigenvalue weighted by molar-refractivity contribution is 5.96. The number of likely N-dealkylation sites (tertiary alicyclic amines) is 1. The molecule has 0 aromatic heterocycles. The molecule has 0 bridgehead atoms. The number of piperidine rings is 1. The number of carbonyl (C=O) groups excluding carboxylic acids is 3. The highest BCUT2D eigenvalue weighted by Crippen LogP contribution is 2.38. The van der Waals surface area contributed by atoms with Gasteiger partial charge < -0.3 is 16.0 Å². The molecular weight excluding hydrogens is 558 g/mol. The number of urea groups is 1. The quantitative estimate of drug-likeness (QED) is 0.242. The Labute approximate surface area is 252 Å². The maximum absolute atomic E-state index is 13.2.